The first-order valence-corrected chi connectivity index (χ1v) is 24.4. The molecule has 0 bridgehead atoms. The van der Waals surface area contributed by atoms with Gasteiger partial charge in [-0.15, -0.1) is 0 Å². The average molecular weight is 872 g/mol. The number of aromatic nitrogens is 1. The third kappa shape index (κ3) is 6.16. The third-order valence-electron chi connectivity index (χ3n) is 15.7. The van der Waals surface area contributed by atoms with E-state index < -0.39 is 0 Å². The maximum absolute atomic E-state index is 2.67. The molecule has 0 atom stereocenters. The van der Waals surface area contributed by atoms with Gasteiger partial charge in [-0.25, -0.2) is 0 Å². The molecule has 0 fully saturated rings. The fraction of sp³-hybridized carbons (Fsp3) is 0.250. The first-order chi connectivity index (χ1) is 32.0. The molecular formula is C64H61N3. The predicted octanol–water partition coefficient (Wildman–Crippen LogP) is 17.7. The Bertz CT molecular complexity index is 3520. The van der Waals surface area contributed by atoms with E-state index in [4.69, 9.17) is 0 Å². The monoisotopic (exact) mass is 871 g/mol. The number of rotatable bonds is 6. The molecule has 12 rings (SSSR count). The van der Waals surface area contributed by atoms with E-state index in [1.54, 1.807) is 0 Å². The molecule has 9 aromatic rings. The molecule has 1 aromatic heterocycles. The Labute approximate surface area is 397 Å². The highest BCUT2D eigenvalue weighted by Gasteiger charge is 2.44. The molecule has 0 unspecified atom stereocenters. The lowest BCUT2D eigenvalue weighted by Crippen LogP contribution is -2.33. The number of aryl methyl sites for hydroxylation is 1. The van der Waals surface area contributed by atoms with Crippen LogP contribution < -0.4 is 9.80 Å². The number of hydrogen-bond acceptors (Lipinski definition) is 2. The van der Waals surface area contributed by atoms with Crippen LogP contribution in [0.25, 0.3) is 44.3 Å². The van der Waals surface area contributed by atoms with Crippen molar-refractivity contribution < 1.29 is 0 Å². The lowest BCUT2D eigenvalue weighted by molar-refractivity contribution is 0.590. The Kier molecular flexibility index (Phi) is 8.90. The zero-order valence-corrected chi connectivity index (χ0v) is 40.8. The molecule has 8 aromatic carbocycles. The minimum atomic E-state index is -0.281. The summed E-state index contributed by atoms with van der Waals surface area (Å²) in [6.07, 6.45) is 6.83. The van der Waals surface area contributed by atoms with Gasteiger partial charge in [0.05, 0.1) is 28.1 Å². The molecule has 1 aliphatic carbocycles. The lowest BCUT2D eigenvalue weighted by atomic mass is 9.68. The van der Waals surface area contributed by atoms with Gasteiger partial charge in [-0.05, 0) is 129 Å². The van der Waals surface area contributed by atoms with Crippen LogP contribution >= 0.6 is 0 Å². The van der Waals surface area contributed by atoms with Crippen LogP contribution in [-0.4, -0.2) is 4.57 Å². The number of allylic oxidation sites excluding steroid dienone is 1. The van der Waals surface area contributed by atoms with Crippen molar-refractivity contribution >= 4 is 72.8 Å². The van der Waals surface area contributed by atoms with Gasteiger partial charge in [0.25, 0.3) is 0 Å². The Hall–Kier alpha value is -6.84. The molecule has 0 saturated heterocycles. The van der Waals surface area contributed by atoms with Gasteiger partial charge in [0.2, 0.25) is 0 Å². The number of benzene rings is 8. The maximum Gasteiger partial charge on any atom is 0.0583 e. The van der Waals surface area contributed by atoms with Gasteiger partial charge in [-0.3, -0.25) is 0 Å². The first-order valence-electron chi connectivity index (χ1n) is 24.4. The summed E-state index contributed by atoms with van der Waals surface area (Å²) in [7, 11) is 0. The van der Waals surface area contributed by atoms with Crippen LogP contribution in [0.15, 0.2) is 158 Å². The van der Waals surface area contributed by atoms with Crippen LogP contribution in [-0.2, 0) is 28.1 Å². The van der Waals surface area contributed by atoms with Gasteiger partial charge < -0.3 is 14.4 Å². The Balaban J connectivity index is 1.20. The molecule has 2 aliphatic heterocycles. The average Bonchev–Trinajstić information content (AvgIpc) is 3.64. The largest absolute Gasteiger partial charge is 0.310 e. The summed E-state index contributed by atoms with van der Waals surface area (Å²) in [6, 6.07) is 58.4. The number of fused-ring (bicyclic) bond motifs is 3. The zero-order valence-electron chi connectivity index (χ0n) is 40.8. The highest BCUT2D eigenvalue weighted by molar-refractivity contribution is 6.17. The summed E-state index contributed by atoms with van der Waals surface area (Å²) in [5.41, 5.74) is 21.4. The summed E-state index contributed by atoms with van der Waals surface area (Å²) in [6.45, 7) is 23.6. The van der Waals surface area contributed by atoms with Crippen molar-refractivity contribution in [2.75, 3.05) is 9.80 Å². The SMILES string of the molecule is CC(C)(C)c1ccc(N(c2cc3c4c(c2)c2cc(N(c5ccc(C(C)(C)C)cc5)c5cccc6ccccc56)cc5c2n4-c2c(cccc2C5(C)C)C3(C)C)c2cccc3c2C=CCC3)cc1. The summed E-state index contributed by atoms with van der Waals surface area (Å²) >= 11 is 0. The van der Waals surface area contributed by atoms with Crippen molar-refractivity contribution in [1.82, 2.24) is 4.57 Å². The third-order valence-corrected chi connectivity index (χ3v) is 15.7. The van der Waals surface area contributed by atoms with E-state index in [1.165, 1.54) is 106 Å². The molecule has 0 radical (unpaired) electrons. The molecular weight excluding hydrogens is 811 g/mol. The van der Waals surface area contributed by atoms with Crippen molar-refractivity contribution in [3.05, 3.63) is 202 Å². The van der Waals surface area contributed by atoms with Crippen LogP contribution in [0.3, 0.4) is 0 Å². The van der Waals surface area contributed by atoms with Gasteiger partial charge in [0.1, 0.15) is 0 Å². The van der Waals surface area contributed by atoms with Crippen molar-refractivity contribution in [1.29, 1.82) is 0 Å². The molecule has 332 valence electrons. The Morgan fingerprint density at radius 1 is 0.463 bits per heavy atom. The normalized spacial score (nSPS) is 15.4. The standard InChI is InChI=1S/C64H61N3/c1-61(2,3)42-28-32-44(33-29-42)65(56-26-15-20-40-18-11-13-22-48(40)56)46-36-50-51-37-47(66(45-34-30-43(31-35-45)62(4,5)6)57-27-16-21-41-19-12-14-23-49(41)57)39-55-59(51)67-58(50)54(38-46)63(7,8)52-24-17-25-53(60(52)67)64(55,9)10/h11,13-18,20-39H,12,19H2,1-10H3. The second kappa shape index (κ2) is 14.3. The van der Waals surface area contributed by atoms with Crippen molar-refractivity contribution in [3.63, 3.8) is 0 Å². The summed E-state index contributed by atoms with van der Waals surface area (Å²) in [4.78, 5) is 5.07. The molecule has 67 heavy (non-hydrogen) atoms. The summed E-state index contributed by atoms with van der Waals surface area (Å²) in [5, 5.41) is 5.03. The lowest BCUT2D eigenvalue weighted by Gasteiger charge is -2.42. The topological polar surface area (TPSA) is 11.4 Å². The van der Waals surface area contributed by atoms with E-state index in [0.717, 1.165) is 24.2 Å². The first kappa shape index (κ1) is 41.6. The second-order valence-electron chi connectivity index (χ2n) is 22.6. The van der Waals surface area contributed by atoms with Gasteiger partial charge in [0, 0.05) is 55.3 Å². The Morgan fingerprint density at radius 3 is 1.52 bits per heavy atom. The van der Waals surface area contributed by atoms with E-state index in [2.05, 4.69) is 247 Å². The van der Waals surface area contributed by atoms with Crippen LogP contribution in [0, 0.1) is 0 Å². The molecule has 3 heterocycles. The fourth-order valence-corrected chi connectivity index (χ4v) is 11.9. The van der Waals surface area contributed by atoms with Crippen molar-refractivity contribution in [2.24, 2.45) is 0 Å². The molecule has 0 spiro atoms. The van der Waals surface area contributed by atoms with Crippen LogP contribution in [0.4, 0.5) is 34.1 Å². The van der Waals surface area contributed by atoms with E-state index in [9.17, 15) is 0 Å². The van der Waals surface area contributed by atoms with E-state index >= 15 is 0 Å². The zero-order chi connectivity index (χ0) is 46.4. The minimum Gasteiger partial charge on any atom is -0.310 e. The second-order valence-corrected chi connectivity index (χ2v) is 22.6. The van der Waals surface area contributed by atoms with E-state index in [1.807, 2.05) is 0 Å². The summed E-state index contributed by atoms with van der Waals surface area (Å²) in [5.74, 6) is 0. The molecule has 3 heteroatoms. The smallest absolute Gasteiger partial charge is 0.0583 e. The van der Waals surface area contributed by atoms with E-state index in [-0.39, 0.29) is 21.7 Å². The van der Waals surface area contributed by atoms with Gasteiger partial charge >= 0.3 is 0 Å². The van der Waals surface area contributed by atoms with Crippen LogP contribution in [0.1, 0.15) is 120 Å². The minimum absolute atomic E-state index is 0.0390. The summed E-state index contributed by atoms with van der Waals surface area (Å²) < 4.78 is 2.67. The highest BCUT2D eigenvalue weighted by Crippen LogP contribution is 2.58. The van der Waals surface area contributed by atoms with Gasteiger partial charge in [-0.1, -0.05) is 172 Å². The van der Waals surface area contributed by atoms with Crippen LogP contribution in [0.2, 0.25) is 0 Å². The number of nitrogens with zero attached hydrogens (tertiary/aromatic N) is 3. The molecule has 0 amide bonds. The Morgan fingerprint density at radius 2 is 0.955 bits per heavy atom. The maximum atomic E-state index is 2.67. The number of anilines is 6. The van der Waals surface area contributed by atoms with E-state index in [0.29, 0.717) is 0 Å². The predicted molar refractivity (Wildman–Crippen MR) is 287 cm³/mol. The number of para-hydroxylation sites is 1. The molecule has 0 saturated carbocycles. The quantitative estimate of drug-likeness (QED) is 0.165. The van der Waals surface area contributed by atoms with Gasteiger partial charge in [0.15, 0.2) is 0 Å². The van der Waals surface area contributed by atoms with Crippen molar-refractivity contribution in [3.8, 4) is 5.69 Å². The molecule has 3 nitrogen and oxygen atoms in total. The molecule has 0 N–H and O–H groups in total. The molecule has 3 aliphatic rings. The fourth-order valence-electron chi connectivity index (χ4n) is 11.9. The van der Waals surface area contributed by atoms with Gasteiger partial charge in [-0.2, -0.15) is 0 Å². The van der Waals surface area contributed by atoms with Crippen molar-refractivity contribution in [2.45, 2.75) is 104 Å². The number of hydrogen-bond donors (Lipinski definition) is 0. The highest BCUT2D eigenvalue weighted by atomic mass is 15.2. The van der Waals surface area contributed by atoms with Crippen LogP contribution in [0.5, 0.6) is 0 Å².